The highest BCUT2D eigenvalue weighted by atomic mass is 16.5. The van der Waals surface area contributed by atoms with Gasteiger partial charge in [-0.15, -0.1) is 0 Å². The van der Waals surface area contributed by atoms with E-state index in [0.717, 1.165) is 0 Å². The molecule has 0 saturated carbocycles. The molecule has 5 nitrogen and oxygen atoms in total. The second-order valence-electron chi connectivity index (χ2n) is 3.62. The van der Waals surface area contributed by atoms with Crippen molar-refractivity contribution in [2.75, 3.05) is 33.9 Å². The summed E-state index contributed by atoms with van der Waals surface area (Å²) in [6, 6.07) is 0. The molecule has 0 N–H and O–H groups in total. The third kappa shape index (κ3) is 3.60. The standard InChI is InChI=1S/C10H17NO4/c1-14-7-9(15-2)6-11-4-3-8(12)5-10(11)13/h9H,3-7H2,1-2H3. The van der Waals surface area contributed by atoms with E-state index in [1.807, 2.05) is 0 Å². The molecule has 0 aromatic heterocycles. The van der Waals surface area contributed by atoms with Crippen LogP contribution in [0.25, 0.3) is 0 Å². The normalized spacial score (nSPS) is 19.5. The van der Waals surface area contributed by atoms with Gasteiger partial charge in [-0.3, -0.25) is 9.59 Å². The van der Waals surface area contributed by atoms with Gasteiger partial charge in [-0.2, -0.15) is 0 Å². The number of piperidine rings is 1. The average molecular weight is 215 g/mol. The summed E-state index contributed by atoms with van der Waals surface area (Å²) in [5.41, 5.74) is 0. The minimum absolute atomic E-state index is 0.0250. The van der Waals surface area contributed by atoms with Gasteiger partial charge in [-0.05, 0) is 0 Å². The fourth-order valence-electron chi connectivity index (χ4n) is 1.57. The fraction of sp³-hybridized carbons (Fsp3) is 0.800. The molecule has 1 saturated heterocycles. The summed E-state index contributed by atoms with van der Waals surface area (Å²) in [5.74, 6) is -0.0821. The molecule has 1 unspecified atom stereocenters. The van der Waals surface area contributed by atoms with Crippen LogP contribution in [-0.2, 0) is 19.1 Å². The third-order valence-corrected chi connectivity index (χ3v) is 2.47. The number of amides is 1. The zero-order chi connectivity index (χ0) is 11.3. The SMILES string of the molecule is COCC(CN1CCC(=O)CC1=O)OC. The lowest BCUT2D eigenvalue weighted by molar-refractivity contribution is -0.141. The molecule has 1 amide bonds. The zero-order valence-corrected chi connectivity index (χ0v) is 9.19. The number of rotatable bonds is 5. The number of methoxy groups -OCH3 is 2. The Morgan fingerprint density at radius 2 is 2.13 bits per heavy atom. The van der Waals surface area contributed by atoms with Crippen molar-refractivity contribution >= 4 is 11.7 Å². The third-order valence-electron chi connectivity index (χ3n) is 2.47. The van der Waals surface area contributed by atoms with E-state index >= 15 is 0 Å². The molecule has 1 aliphatic rings. The zero-order valence-electron chi connectivity index (χ0n) is 9.19. The topological polar surface area (TPSA) is 55.8 Å². The maximum atomic E-state index is 11.5. The number of ether oxygens (including phenoxy) is 2. The molecular weight excluding hydrogens is 198 g/mol. The first-order chi connectivity index (χ1) is 7.17. The van der Waals surface area contributed by atoms with Gasteiger partial charge in [0.15, 0.2) is 0 Å². The van der Waals surface area contributed by atoms with Crippen LogP contribution >= 0.6 is 0 Å². The van der Waals surface area contributed by atoms with Gasteiger partial charge in [-0.1, -0.05) is 0 Å². The first-order valence-corrected chi connectivity index (χ1v) is 4.98. The predicted octanol–water partition coefficient (Wildman–Crippen LogP) is -0.161. The van der Waals surface area contributed by atoms with Gasteiger partial charge in [0.05, 0.1) is 19.1 Å². The Kier molecular flexibility index (Phi) is 4.71. The van der Waals surface area contributed by atoms with E-state index in [1.54, 1.807) is 19.1 Å². The molecule has 0 radical (unpaired) electrons. The first kappa shape index (κ1) is 12.1. The number of carbonyl (C=O) groups is 2. The summed E-state index contributed by atoms with van der Waals surface area (Å²) in [4.78, 5) is 24.1. The lowest BCUT2D eigenvalue weighted by atomic mass is 10.1. The van der Waals surface area contributed by atoms with Gasteiger partial charge in [-0.25, -0.2) is 0 Å². The molecular formula is C10H17NO4. The van der Waals surface area contributed by atoms with E-state index in [0.29, 0.717) is 26.1 Å². The van der Waals surface area contributed by atoms with Crippen molar-refractivity contribution in [1.29, 1.82) is 0 Å². The summed E-state index contributed by atoms with van der Waals surface area (Å²) in [5, 5.41) is 0. The van der Waals surface area contributed by atoms with Crippen LogP contribution in [0.1, 0.15) is 12.8 Å². The number of nitrogens with zero attached hydrogens (tertiary/aromatic N) is 1. The van der Waals surface area contributed by atoms with Crippen molar-refractivity contribution < 1.29 is 19.1 Å². The quantitative estimate of drug-likeness (QED) is 0.598. The smallest absolute Gasteiger partial charge is 0.230 e. The molecule has 1 atom stereocenters. The van der Waals surface area contributed by atoms with Crippen LogP contribution in [0.5, 0.6) is 0 Å². The second kappa shape index (κ2) is 5.82. The Morgan fingerprint density at radius 3 is 2.67 bits per heavy atom. The van der Waals surface area contributed by atoms with Crippen molar-refractivity contribution in [2.45, 2.75) is 18.9 Å². The molecule has 1 heterocycles. The Balaban J connectivity index is 2.42. The minimum atomic E-state index is -0.118. The minimum Gasteiger partial charge on any atom is -0.382 e. The summed E-state index contributed by atoms with van der Waals surface area (Å²) in [7, 11) is 3.18. The largest absolute Gasteiger partial charge is 0.382 e. The molecule has 1 rings (SSSR count). The lowest BCUT2D eigenvalue weighted by Gasteiger charge is -2.29. The van der Waals surface area contributed by atoms with Gasteiger partial charge < -0.3 is 14.4 Å². The van der Waals surface area contributed by atoms with Gasteiger partial charge >= 0.3 is 0 Å². The Hall–Kier alpha value is -0.940. The summed E-state index contributed by atoms with van der Waals surface area (Å²) < 4.78 is 10.1. The van der Waals surface area contributed by atoms with Crippen molar-refractivity contribution in [3.05, 3.63) is 0 Å². The molecule has 1 aliphatic heterocycles. The summed E-state index contributed by atoms with van der Waals surface area (Å²) in [6.45, 7) is 1.45. The van der Waals surface area contributed by atoms with E-state index < -0.39 is 0 Å². The molecule has 5 heteroatoms. The summed E-state index contributed by atoms with van der Waals surface area (Å²) in [6.07, 6.45) is 0.366. The van der Waals surface area contributed by atoms with Crippen molar-refractivity contribution in [2.24, 2.45) is 0 Å². The Morgan fingerprint density at radius 1 is 1.40 bits per heavy atom. The van der Waals surface area contributed by atoms with Gasteiger partial charge in [0.1, 0.15) is 5.78 Å². The molecule has 0 aromatic carbocycles. The van der Waals surface area contributed by atoms with E-state index in [2.05, 4.69) is 0 Å². The molecule has 0 aliphatic carbocycles. The maximum absolute atomic E-state index is 11.5. The van der Waals surface area contributed by atoms with Crippen LogP contribution in [0.3, 0.4) is 0 Å². The monoisotopic (exact) mass is 215 g/mol. The highest BCUT2D eigenvalue weighted by Gasteiger charge is 2.25. The van der Waals surface area contributed by atoms with Gasteiger partial charge in [0.2, 0.25) is 5.91 Å². The van der Waals surface area contributed by atoms with E-state index in [1.165, 1.54) is 0 Å². The predicted molar refractivity (Wildman–Crippen MR) is 53.5 cm³/mol. The molecule has 0 spiro atoms. The van der Waals surface area contributed by atoms with E-state index in [4.69, 9.17) is 9.47 Å². The number of Topliss-reactive ketones (excluding diaryl/α,β-unsaturated/α-hetero) is 1. The average Bonchev–Trinajstić information content (AvgIpc) is 2.21. The van der Waals surface area contributed by atoms with Crippen LogP contribution < -0.4 is 0 Å². The van der Waals surface area contributed by atoms with Crippen LogP contribution in [-0.4, -0.2) is 56.6 Å². The van der Waals surface area contributed by atoms with Crippen LogP contribution in [0.4, 0.5) is 0 Å². The van der Waals surface area contributed by atoms with E-state index in [9.17, 15) is 9.59 Å². The molecule has 15 heavy (non-hydrogen) atoms. The fourth-order valence-corrected chi connectivity index (χ4v) is 1.57. The number of hydrogen-bond acceptors (Lipinski definition) is 4. The lowest BCUT2D eigenvalue weighted by Crippen LogP contribution is -2.44. The van der Waals surface area contributed by atoms with Gasteiger partial charge in [0.25, 0.3) is 0 Å². The number of ketones is 1. The van der Waals surface area contributed by atoms with Crippen molar-refractivity contribution in [1.82, 2.24) is 4.90 Å². The highest BCUT2D eigenvalue weighted by Crippen LogP contribution is 2.09. The molecule has 0 aromatic rings. The van der Waals surface area contributed by atoms with Crippen LogP contribution in [0.15, 0.2) is 0 Å². The molecule has 0 bridgehead atoms. The molecule has 1 fully saturated rings. The summed E-state index contributed by atoms with van der Waals surface area (Å²) >= 11 is 0. The molecule has 86 valence electrons. The highest BCUT2D eigenvalue weighted by molar-refractivity contribution is 6.00. The second-order valence-corrected chi connectivity index (χ2v) is 3.62. The van der Waals surface area contributed by atoms with Gasteiger partial charge in [0, 0.05) is 33.7 Å². The van der Waals surface area contributed by atoms with Crippen LogP contribution in [0, 0.1) is 0 Å². The van der Waals surface area contributed by atoms with Crippen molar-refractivity contribution in [3.63, 3.8) is 0 Å². The van der Waals surface area contributed by atoms with E-state index in [-0.39, 0.29) is 24.2 Å². The number of likely N-dealkylation sites (tertiary alicyclic amines) is 1. The van der Waals surface area contributed by atoms with Crippen LogP contribution in [0.2, 0.25) is 0 Å². The van der Waals surface area contributed by atoms with Crippen molar-refractivity contribution in [3.8, 4) is 0 Å². The maximum Gasteiger partial charge on any atom is 0.230 e. The number of hydrogen-bond donors (Lipinski definition) is 0. The number of carbonyl (C=O) groups excluding carboxylic acids is 2. The Labute approximate surface area is 89.3 Å². The first-order valence-electron chi connectivity index (χ1n) is 4.98. The Bertz CT molecular complexity index is 242.